The molecule has 0 spiro atoms. The molecular weight excluding hydrogens is 216 g/mol. The van der Waals surface area contributed by atoms with Crippen LogP contribution in [-0.2, 0) is 0 Å². The van der Waals surface area contributed by atoms with Crippen molar-refractivity contribution in [3.05, 3.63) is 0 Å². The third-order valence-corrected chi connectivity index (χ3v) is 4.61. The minimum absolute atomic E-state index is 1.02. The van der Waals surface area contributed by atoms with Gasteiger partial charge in [0.05, 0.1) is 0 Å². The van der Waals surface area contributed by atoms with Gasteiger partial charge in [0.1, 0.15) is 0 Å². The second kappa shape index (κ2) is 12.1. The van der Waals surface area contributed by atoms with Gasteiger partial charge in [-0.15, -0.1) is 0 Å². The minimum atomic E-state index is 1.02. The first kappa shape index (κ1) is 18.0. The number of hydrogen-bond acceptors (Lipinski definition) is 0. The van der Waals surface area contributed by atoms with Crippen LogP contribution >= 0.6 is 0 Å². The molecule has 2 rings (SSSR count). The molecule has 0 unspecified atom stereocenters. The van der Waals surface area contributed by atoms with Gasteiger partial charge in [-0.2, -0.15) is 0 Å². The standard InChI is InChI=1S/C9H18.C7H14.C2H6/c1-3-9-6-4-8(2)5-7-9;1-7-5-3-2-4-6-7;1-2/h8-9H,3-7H2,1-2H3;7H,2-6H2,1H3;1-2H3. The van der Waals surface area contributed by atoms with E-state index < -0.39 is 0 Å². The molecule has 0 amide bonds. The number of hydrogen-bond donors (Lipinski definition) is 0. The van der Waals surface area contributed by atoms with E-state index in [2.05, 4.69) is 20.8 Å². The van der Waals surface area contributed by atoms with Crippen molar-refractivity contribution in [2.24, 2.45) is 17.8 Å². The van der Waals surface area contributed by atoms with Crippen molar-refractivity contribution in [1.82, 2.24) is 0 Å². The molecule has 0 heterocycles. The monoisotopic (exact) mass is 254 g/mol. The van der Waals surface area contributed by atoms with E-state index in [4.69, 9.17) is 0 Å². The lowest BCUT2D eigenvalue weighted by Gasteiger charge is -2.24. The first-order chi connectivity index (χ1) is 8.72. The van der Waals surface area contributed by atoms with Gasteiger partial charge in [0.2, 0.25) is 0 Å². The van der Waals surface area contributed by atoms with Crippen molar-refractivity contribution in [3.8, 4) is 0 Å². The van der Waals surface area contributed by atoms with Gasteiger partial charge in [0.15, 0.2) is 0 Å². The molecule has 0 N–H and O–H groups in total. The molecular formula is C18H38. The molecule has 0 nitrogen and oxygen atoms in total. The van der Waals surface area contributed by atoms with Crippen LogP contribution < -0.4 is 0 Å². The third kappa shape index (κ3) is 9.00. The molecule has 18 heavy (non-hydrogen) atoms. The van der Waals surface area contributed by atoms with Crippen LogP contribution in [0.1, 0.15) is 98.8 Å². The summed E-state index contributed by atoms with van der Waals surface area (Å²) >= 11 is 0. The van der Waals surface area contributed by atoms with Gasteiger partial charge in [0.25, 0.3) is 0 Å². The normalized spacial score (nSPS) is 28.5. The maximum absolute atomic E-state index is 2.38. The highest BCUT2D eigenvalue weighted by Gasteiger charge is 2.15. The molecule has 0 atom stereocenters. The maximum atomic E-state index is 2.38. The Hall–Kier alpha value is 0. The fourth-order valence-corrected chi connectivity index (χ4v) is 3.04. The van der Waals surface area contributed by atoms with Gasteiger partial charge in [0, 0.05) is 0 Å². The lowest BCUT2D eigenvalue weighted by molar-refractivity contribution is 0.284. The van der Waals surface area contributed by atoms with Gasteiger partial charge in [-0.3, -0.25) is 0 Å². The fraction of sp³-hybridized carbons (Fsp3) is 1.00. The first-order valence-electron chi connectivity index (χ1n) is 8.72. The fourth-order valence-electron chi connectivity index (χ4n) is 3.04. The Kier molecular flexibility index (Phi) is 12.1. The molecule has 0 aromatic heterocycles. The van der Waals surface area contributed by atoms with E-state index in [1.165, 1.54) is 64.2 Å². The summed E-state index contributed by atoms with van der Waals surface area (Å²) in [6.45, 7) is 11.1. The Morgan fingerprint density at radius 1 is 0.667 bits per heavy atom. The van der Waals surface area contributed by atoms with Gasteiger partial charge < -0.3 is 0 Å². The summed E-state index contributed by atoms with van der Waals surface area (Å²) < 4.78 is 0. The van der Waals surface area contributed by atoms with Crippen LogP contribution in [0.25, 0.3) is 0 Å². The molecule has 2 aliphatic carbocycles. The zero-order valence-corrected chi connectivity index (χ0v) is 13.8. The second-order valence-electron chi connectivity index (χ2n) is 6.28. The Labute approximate surface area is 117 Å². The van der Waals surface area contributed by atoms with Crippen LogP contribution in [0.5, 0.6) is 0 Å². The molecule has 2 aliphatic rings. The van der Waals surface area contributed by atoms with E-state index in [0.717, 1.165) is 17.8 Å². The predicted molar refractivity (Wildman–Crippen MR) is 85.0 cm³/mol. The van der Waals surface area contributed by atoms with Crippen LogP contribution in [0, 0.1) is 17.8 Å². The van der Waals surface area contributed by atoms with Gasteiger partial charge in [-0.1, -0.05) is 98.8 Å². The smallest absolute Gasteiger partial charge is 0.0417 e. The van der Waals surface area contributed by atoms with Gasteiger partial charge in [-0.05, 0) is 17.8 Å². The van der Waals surface area contributed by atoms with Crippen LogP contribution in [0.3, 0.4) is 0 Å². The minimum Gasteiger partial charge on any atom is -0.0683 e. The molecule has 2 saturated carbocycles. The second-order valence-corrected chi connectivity index (χ2v) is 6.28. The summed E-state index contributed by atoms with van der Waals surface area (Å²) in [7, 11) is 0. The van der Waals surface area contributed by atoms with Crippen LogP contribution in [0.2, 0.25) is 0 Å². The Morgan fingerprint density at radius 2 is 1.11 bits per heavy atom. The van der Waals surface area contributed by atoms with Crippen molar-refractivity contribution in [2.75, 3.05) is 0 Å². The summed E-state index contributed by atoms with van der Waals surface area (Å²) in [6.07, 6.45) is 14.8. The van der Waals surface area contributed by atoms with Crippen LogP contribution in [-0.4, -0.2) is 0 Å². The van der Waals surface area contributed by atoms with Crippen molar-refractivity contribution in [2.45, 2.75) is 98.8 Å². The molecule has 0 aliphatic heterocycles. The molecule has 0 saturated heterocycles. The van der Waals surface area contributed by atoms with Crippen molar-refractivity contribution in [3.63, 3.8) is 0 Å². The highest BCUT2D eigenvalue weighted by atomic mass is 14.2. The summed E-state index contributed by atoms with van der Waals surface area (Å²) in [4.78, 5) is 0. The SMILES string of the molecule is CC.CC1CCCCC1.CCC1CCC(C)CC1. The molecule has 0 aromatic carbocycles. The maximum Gasteiger partial charge on any atom is -0.0417 e. The highest BCUT2D eigenvalue weighted by Crippen LogP contribution is 2.29. The van der Waals surface area contributed by atoms with Crippen molar-refractivity contribution >= 4 is 0 Å². The topological polar surface area (TPSA) is 0 Å². The van der Waals surface area contributed by atoms with E-state index in [9.17, 15) is 0 Å². The van der Waals surface area contributed by atoms with Gasteiger partial charge in [-0.25, -0.2) is 0 Å². The van der Waals surface area contributed by atoms with Gasteiger partial charge >= 0.3 is 0 Å². The van der Waals surface area contributed by atoms with Crippen molar-refractivity contribution in [1.29, 1.82) is 0 Å². The quantitative estimate of drug-likeness (QED) is 0.481. The lowest BCUT2D eigenvalue weighted by atomic mass is 9.82. The molecule has 0 bridgehead atoms. The van der Waals surface area contributed by atoms with E-state index in [1.54, 1.807) is 0 Å². The molecule has 0 radical (unpaired) electrons. The molecule has 0 aromatic rings. The van der Waals surface area contributed by atoms with E-state index in [0.29, 0.717) is 0 Å². The zero-order chi connectivity index (χ0) is 13.8. The Morgan fingerprint density at radius 3 is 1.44 bits per heavy atom. The largest absolute Gasteiger partial charge is 0.0683 e. The third-order valence-electron chi connectivity index (χ3n) is 4.61. The first-order valence-corrected chi connectivity index (χ1v) is 8.72. The summed E-state index contributed by atoms with van der Waals surface area (Å²) in [5, 5.41) is 0. The average Bonchev–Trinajstić information content (AvgIpc) is 2.43. The lowest BCUT2D eigenvalue weighted by Crippen LogP contribution is -2.10. The predicted octanol–water partition coefficient (Wildman–Crippen LogP) is 6.84. The number of rotatable bonds is 1. The zero-order valence-electron chi connectivity index (χ0n) is 13.8. The highest BCUT2D eigenvalue weighted by molar-refractivity contribution is 4.68. The summed E-state index contributed by atoms with van der Waals surface area (Å²) in [5.41, 5.74) is 0. The molecule has 110 valence electrons. The van der Waals surface area contributed by atoms with E-state index in [-0.39, 0.29) is 0 Å². The average molecular weight is 255 g/mol. The van der Waals surface area contributed by atoms with Crippen molar-refractivity contribution < 1.29 is 0 Å². The molecule has 2 fully saturated rings. The van der Waals surface area contributed by atoms with E-state index in [1.807, 2.05) is 13.8 Å². The van der Waals surface area contributed by atoms with Crippen LogP contribution in [0.4, 0.5) is 0 Å². The molecule has 0 heteroatoms. The Balaban J connectivity index is 0.000000289. The van der Waals surface area contributed by atoms with E-state index >= 15 is 0 Å². The summed E-state index contributed by atoms with van der Waals surface area (Å²) in [5.74, 6) is 3.13. The van der Waals surface area contributed by atoms with Crippen LogP contribution in [0.15, 0.2) is 0 Å². The summed E-state index contributed by atoms with van der Waals surface area (Å²) in [6, 6.07) is 0. The Bertz CT molecular complexity index is 147.